The standard InChI is InChI=1S/C17H17ClN2O/c1-12-5-4-8-20-16(11-18)15(19-17(12)20)10-13-6-3-7-14(9-13)21-2/h3-9H,10-11H2,1-2H3. The Morgan fingerprint density at radius 2 is 2.10 bits per heavy atom. The highest BCUT2D eigenvalue weighted by Crippen LogP contribution is 2.22. The highest BCUT2D eigenvalue weighted by Gasteiger charge is 2.13. The van der Waals surface area contributed by atoms with Gasteiger partial charge < -0.3 is 9.14 Å². The van der Waals surface area contributed by atoms with Gasteiger partial charge in [0.2, 0.25) is 0 Å². The Hall–Kier alpha value is -2.00. The van der Waals surface area contributed by atoms with Crippen LogP contribution in [0.4, 0.5) is 0 Å². The average Bonchev–Trinajstić information content (AvgIpc) is 2.86. The van der Waals surface area contributed by atoms with Crippen molar-refractivity contribution in [1.82, 2.24) is 9.38 Å². The van der Waals surface area contributed by atoms with E-state index in [1.165, 1.54) is 5.56 Å². The molecule has 0 radical (unpaired) electrons. The zero-order valence-corrected chi connectivity index (χ0v) is 12.9. The Bertz CT molecular complexity index is 780. The maximum absolute atomic E-state index is 6.14. The average molecular weight is 301 g/mol. The summed E-state index contributed by atoms with van der Waals surface area (Å²) in [6.45, 7) is 2.07. The van der Waals surface area contributed by atoms with Crippen LogP contribution in [0.15, 0.2) is 42.6 Å². The van der Waals surface area contributed by atoms with Crippen molar-refractivity contribution in [2.75, 3.05) is 7.11 Å². The largest absolute Gasteiger partial charge is 0.497 e. The van der Waals surface area contributed by atoms with Crippen molar-refractivity contribution < 1.29 is 4.74 Å². The highest BCUT2D eigenvalue weighted by atomic mass is 35.5. The molecule has 0 aliphatic carbocycles. The van der Waals surface area contributed by atoms with E-state index in [0.717, 1.165) is 34.8 Å². The molecule has 0 aliphatic heterocycles. The zero-order valence-electron chi connectivity index (χ0n) is 12.1. The van der Waals surface area contributed by atoms with Crippen LogP contribution in [0.3, 0.4) is 0 Å². The first-order valence-electron chi connectivity index (χ1n) is 6.87. The van der Waals surface area contributed by atoms with E-state index in [-0.39, 0.29) is 0 Å². The molecular formula is C17H17ClN2O. The third-order valence-corrected chi connectivity index (χ3v) is 3.91. The fourth-order valence-electron chi connectivity index (χ4n) is 2.56. The summed E-state index contributed by atoms with van der Waals surface area (Å²) in [6, 6.07) is 12.1. The van der Waals surface area contributed by atoms with Crippen LogP contribution in [0.25, 0.3) is 5.65 Å². The minimum Gasteiger partial charge on any atom is -0.497 e. The molecule has 0 aliphatic rings. The predicted molar refractivity (Wildman–Crippen MR) is 85.3 cm³/mol. The summed E-state index contributed by atoms with van der Waals surface area (Å²) < 4.78 is 7.36. The monoisotopic (exact) mass is 300 g/mol. The summed E-state index contributed by atoms with van der Waals surface area (Å²) in [5.74, 6) is 1.31. The third kappa shape index (κ3) is 2.61. The summed E-state index contributed by atoms with van der Waals surface area (Å²) in [5.41, 5.74) is 5.37. The molecule has 0 spiro atoms. The normalized spacial score (nSPS) is 11.0. The van der Waals surface area contributed by atoms with Crippen molar-refractivity contribution in [3.8, 4) is 5.75 Å². The lowest BCUT2D eigenvalue weighted by Crippen LogP contribution is -1.96. The second kappa shape index (κ2) is 5.78. The number of methoxy groups -OCH3 is 1. The van der Waals surface area contributed by atoms with Crippen LogP contribution in [0.2, 0.25) is 0 Å². The van der Waals surface area contributed by atoms with Gasteiger partial charge in [0.15, 0.2) is 0 Å². The van der Waals surface area contributed by atoms with Gasteiger partial charge in [0.25, 0.3) is 0 Å². The number of benzene rings is 1. The smallest absolute Gasteiger partial charge is 0.140 e. The molecule has 0 unspecified atom stereocenters. The van der Waals surface area contributed by atoms with Gasteiger partial charge in [-0.25, -0.2) is 4.98 Å². The van der Waals surface area contributed by atoms with Crippen molar-refractivity contribution >= 4 is 17.2 Å². The molecule has 0 fully saturated rings. The SMILES string of the molecule is COc1cccc(Cc2nc3c(C)cccn3c2CCl)c1. The molecule has 3 nitrogen and oxygen atoms in total. The fraction of sp³-hybridized carbons (Fsp3) is 0.235. The van der Waals surface area contributed by atoms with Gasteiger partial charge >= 0.3 is 0 Å². The summed E-state index contributed by atoms with van der Waals surface area (Å²) in [6.07, 6.45) is 2.77. The molecule has 3 aromatic rings. The Morgan fingerprint density at radius 3 is 2.86 bits per heavy atom. The number of nitrogens with zero attached hydrogens (tertiary/aromatic N) is 2. The summed E-state index contributed by atoms with van der Waals surface area (Å²) in [5, 5.41) is 0. The van der Waals surface area contributed by atoms with E-state index in [9.17, 15) is 0 Å². The predicted octanol–water partition coefficient (Wildman–Crippen LogP) is 3.98. The molecule has 3 rings (SSSR count). The molecule has 108 valence electrons. The lowest BCUT2D eigenvalue weighted by atomic mass is 10.1. The van der Waals surface area contributed by atoms with Gasteiger partial charge in [0.05, 0.1) is 24.4 Å². The molecule has 0 amide bonds. The van der Waals surface area contributed by atoms with E-state index in [0.29, 0.717) is 5.88 Å². The maximum atomic E-state index is 6.14. The molecule has 0 N–H and O–H groups in total. The van der Waals surface area contributed by atoms with E-state index >= 15 is 0 Å². The molecule has 0 atom stereocenters. The minimum atomic E-state index is 0.448. The Balaban J connectivity index is 2.05. The number of fused-ring (bicyclic) bond motifs is 1. The molecule has 0 bridgehead atoms. The lowest BCUT2D eigenvalue weighted by Gasteiger charge is -2.04. The maximum Gasteiger partial charge on any atom is 0.140 e. The van der Waals surface area contributed by atoms with Crippen LogP contribution in [0.5, 0.6) is 5.75 Å². The number of imidazole rings is 1. The van der Waals surface area contributed by atoms with Crippen molar-refractivity contribution in [2.45, 2.75) is 19.2 Å². The topological polar surface area (TPSA) is 26.5 Å². The lowest BCUT2D eigenvalue weighted by molar-refractivity contribution is 0.414. The number of aromatic nitrogens is 2. The molecule has 2 heterocycles. The van der Waals surface area contributed by atoms with E-state index in [4.69, 9.17) is 21.3 Å². The third-order valence-electron chi connectivity index (χ3n) is 3.66. The number of pyridine rings is 1. The van der Waals surface area contributed by atoms with Gasteiger partial charge in [-0.05, 0) is 36.2 Å². The molecule has 0 saturated heterocycles. The Kier molecular flexibility index (Phi) is 3.84. The number of halogens is 1. The Labute approximate surface area is 129 Å². The van der Waals surface area contributed by atoms with Crippen molar-refractivity contribution in [2.24, 2.45) is 0 Å². The van der Waals surface area contributed by atoms with Gasteiger partial charge in [-0.1, -0.05) is 18.2 Å². The fourth-order valence-corrected chi connectivity index (χ4v) is 2.84. The van der Waals surface area contributed by atoms with Gasteiger partial charge in [-0.2, -0.15) is 0 Å². The molecule has 4 heteroatoms. The van der Waals surface area contributed by atoms with Gasteiger partial charge in [0, 0.05) is 12.6 Å². The van der Waals surface area contributed by atoms with Crippen LogP contribution >= 0.6 is 11.6 Å². The molecule has 2 aromatic heterocycles. The molecule has 21 heavy (non-hydrogen) atoms. The zero-order chi connectivity index (χ0) is 14.8. The number of aryl methyl sites for hydroxylation is 1. The van der Waals surface area contributed by atoms with Gasteiger partial charge in [-0.3, -0.25) is 0 Å². The number of hydrogen-bond acceptors (Lipinski definition) is 2. The van der Waals surface area contributed by atoms with Crippen LogP contribution < -0.4 is 4.74 Å². The summed E-state index contributed by atoms with van der Waals surface area (Å²) >= 11 is 6.14. The van der Waals surface area contributed by atoms with E-state index in [1.807, 2.05) is 30.5 Å². The first kappa shape index (κ1) is 14.0. The molecule has 1 aromatic carbocycles. The van der Waals surface area contributed by atoms with E-state index in [2.05, 4.69) is 23.5 Å². The number of hydrogen-bond donors (Lipinski definition) is 0. The first-order valence-corrected chi connectivity index (χ1v) is 7.40. The molecule has 0 saturated carbocycles. The van der Waals surface area contributed by atoms with Crippen molar-refractivity contribution in [1.29, 1.82) is 0 Å². The highest BCUT2D eigenvalue weighted by molar-refractivity contribution is 6.17. The minimum absolute atomic E-state index is 0.448. The number of rotatable bonds is 4. The van der Waals surface area contributed by atoms with E-state index < -0.39 is 0 Å². The quantitative estimate of drug-likeness (QED) is 0.681. The van der Waals surface area contributed by atoms with Crippen LogP contribution in [-0.2, 0) is 12.3 Å². The van der Waals surface area contributed by atoms with Crippen LogP contribution in [0, 0.1) is 6.92 Å². The van der Waals surface area contributed by atoms with E-state index in [1.54, 1.807) is 7.11 Å². The number of alkyl halides is 1. The Morgan fingerprint density at radius 1 is 1.24 bits per heavy atom. The summed E-state index contributed by atoms with van der Waals surface area (Å²) in [7, 11) is 1.68. The van der Waals surface area contributed by atoms with Crippen molar-refractivity contribution in [3.05, 3.63) is 65.1 Å². The second-order valence-corrected chi connectivity index (χ2v) is 5.32. The molecular weight excluding hydrogens is 284 g/mol. The number of ether oxygens (including phenoxy) is 1. The first-order chi connectivity index (χ1) is 10.2. The summed E-state index contributed by atoms with van der Waals surface area (Å²) in [4.78, 5) is 4.77. The van der Waals surface area contributed by atoms with Gasteiger partial charge in [0.1, 0.15) is 11.4 Å². The van der Waals surface area contributed by atoms with Crippen LogP contribution in [-0.4, -0.2) is 16.5 Å². The second-order valence-electron chi connectivity index (χ2n) is 5.05. The van der Waals surface area contributed by atoms with Crippen molar-refractivity contribution in [3.63, 3.8) is 0 Å². The van der Waals surface area contributed by atoms with Gasteiger partial charge in [-0.15, -0.1) is 11.6 Å². The van der Waals surface area contributed by atoms with Crippen LogP contribution in [0.1, 0.15) is 22.5 Å².